The molecule has 1 saturated carbocycles. The van der Waals surface area contributed by atoms with E-state index in [2.05, 4.69) is 43.0 Å². The molecule has 19 heavy (non-hydrogen) atoms. The molecule has 2 rings (SSSR count). The van der Waals surface area contributed by atoms with Crippen LogP contribution in [-0.4, -0.2) is 35.6 Å². The largest absolute Gasteiger partial charge is 0.326 e. The van der Waals surface area contributed by atoms with Crippen molar-refractivity contribution < 1.29 is 0 Å². The molecule has 0 radical (unpaired) electrons. The SMILES string of the molecule is CC1CCC(C(N)Cc2ccncc2)(N(C)C)CC1. The molecule has 1 heterocycles. The number of rotatable bonds is 4. The van der Waals surface area contributed by atoms with Gasteiger partial charge in [-0.05, 0) is 69.8 Å². The van der Waals surface area contributed by atoms with Gasteiger partial charge in [-0.15, -0.1) is 0 Å². The molecule has 1 atom stereocenters. The number of likely N-dealkylation sites (N-methyl/N-ethyl adjacent to an activating group) is 1. The molecule has 1 aliphatic rings. The van der Waals surface area contributed by atoms with E-state index in [0.29, 0.717) is 0 Å². The van der Waals surface area contributed by atoms with Gasteiger partial charge in [-0.1, -0.05) is 6.92 Å². The van der Waals surface area contributed by atoms with Crippen molar-refractivity contribution in [3.05, 3.63) is 30.1 Å². The zero-order valence-corrected chi connectivity index (χ0v) is 12.5. The van der Waals surface area contributed by atoms with E-state index in [1.807, 2.05) is 12.4 Å². The van der Waals surface area contributed by atoms with Crippen LogP contribution in [0.5, 0.6) is 0 Å². The molecule has 3 nitrogen and oxygen atoms in total. The molecule has 1 fully saturated rings. The lowest BCUT2D eigenvalue weighted by molar-refractivity contribution is 0.0568. The second-order valence-electron chi connectivity index (χ2n) is 6.35. The van der Waals surface area contributed by atoms with Crippen LogP contribution in [0.15, 0.2) is 24.5 Å². The van der Waals surface area contributed by atoms with Crippen LogP contribution < -0.4 is 5.73 Å². The third kappa shape index (κ3) is 3.15. The molecule has 0 amide bonds. The lowest BCUT2D eigenvalue weighted by Gasteiger charge is -2.48. The molecular weight excluding hydrogens is 234 g/mol. The fourth-order valence-electron chi connectivity index (χ4n) is 3.37. The van der Waals surface area contributed by atoms with Crippen LogP contribution in [0.25, 0.3) is 0 Å². The fourth-order valence-corrected chi connectivity index (χ4v) is 3.37. The number of nitrogens with zero attached hydrogens (tertiary/aromatic N) is 2. The number of hydrogen-bond donors (Lipinski definition) is 1. The van der Waals surface area contributed by atoms with Crippen LogP contribution in [0.2, 0.25) is 0 Å². The van der Waals surface area contributed by atoms with Crippen molar-refractivity contribution in [2.24, 2.45) is 11.7 Å². The Balaban J connectivity index is 2.11. The van der Waals surface area contributed by atoms with E-state index in [-0.39, 0.29) is 11.6 Å². The molecular formula is C16H27N3. The minimum Gasteiger partial charge on any atom is -0.326 e. The summed E-state index contributed by atoms with van der Waals surface area (Å²) in [6, 6.07) is 4.35. The van der Waals surface area contributed by atoms with Crippen molar-refractivity contribution in [2.45, 2.75) is 50.6 Å². The second kappa shape index (κ2) is 6.02. The third-order valence-electron chi connectivity index (χ3n) is 4.93. The highest BCUT2D eigenvalue weighted by Gasteiger charge is 2.41. The quantitative estimate of drug-likeness (QED) is 0.905. The number of aromatic nitrogens is 1. The zero-order chi connectivity index (χ0) is 13.9. The first-order chi connectivity index (χ1) is 9.04. The van der Waals surface area contributed by atoms with Gasteiger partial charge < -0.3 is 10.6 Å². The molecule has 0 aliphatic heterocycles. The molecule has 0 spiro atoms. The van der Waals surface area contributed by atoms with Crippen molar-refractivity contribution in [1.29, 1.82) is 0 Å². The van der Waals surface area contributed by atoms with Crippen molar-refractivity contribution >= 4 is 0 Å². The lowest BCUT2D eigenvalue weighted by atomic mass is 9.71. The van der Waals surface area contributed by atoms with Crippen LogP contribution in [0.4, 0.5) is 0 Å². The van der Waals surface area contributed by atoms with Crippen molar-refractivity contribution in [1.82, 2.24) is 9.88 Å². The Labute approximate surface area is 117 Å². The molecule has 0 bridgehead atoms. The van der Waals surface area contributed by atoms with Gasteiger partial charge in [0.25, 0.3) is 0 Å². The first kappa shape index (κ1) is 14.5. The van der Waals surface area contributed by atoms with Crippen LogP contribution in [-0.2, 0) is 6.42 Å². The van der Waals surface area contributed by atoms with Gasteiger partial charge in [-0.25, -0.2) is 0 Å². The average Bonchev–Trinajstić information content (AvgIpc) is 2.40. The maximum atomic E-state index is 6.60. The van der Waals surface area contributed by atoms with Crippen LogP contribution in [0, 0.1) is 5.92 Å². The summed E-state index contributed by atoms with van der Waals surface area (Å²) in [5.74, 6) is 0.848. The molecule has 1 aliphatic carbocycles. The van der Waals surface area contributed by atoms with Gasteiger partial charge in [-0.2, -0.15) is 0 Å². The summed E-state index contributed by atoms with van der Waals surface area (Å²) in [4.78, 5) is 6.44. The Kier molecular flexibility index (Phi) is 4.58. The first-order valence-electron chi connectivity index (χ1n) is 7.36. The van der Waals surface area contributed by atoms with Crippen molar-refractivity contribution in [3.8, 4) is 0 Å². The number of nitrogens with two attached hydrogens (primary N) is 1. The third-order valence-corrected chi connectivity index (χ3v) is 4.93. The van der Waals surface area contributed by atoms with Crippen molar-refractivity contribution in [3.63, 3.8) is 0 Å². The minimum absolute atomic E-state index is 0.162. The highest BCUT2D eigenvalue weighted by atomic mass is 15.2. The maximum absolute atomic E-state index is 6.60. The summed E-state index contributed by atoms with van der Waals surface area (Å²) < 4.78 is 0. The maximum Gasteiger partial charge on any atom is 0.0357 e. The topological polar surface area (TPSA) is 42.1 Å². The number of hydrogen-bond acceptors (Lipinski definition) is 3. The van der Waals surface area contributed by atoms with E-state index in [0.717, 1.165) is 12.3 Å². The summed E-state index contributed by atoms with van der Waals surface area (Å²) in [6.45, 7) is 2.36. The van der Waals surface area contributed by atoms with E-state index >= 15 is 0 Å². The molecule has 2 N–H and O–H groups in total. The fraction of sp³-hybridized carbons (Fsp3) is 0.688. The van der Waals surface area contributed by atoms with E-state index in [9.17, 15) is 0 Å². The van der Waals surface area contributed by atoms with E-state index in [4.69, 9.17) is 5.73 Å². The highest BCUT2D eigenvalue weighted by Crippen LogP contribution is 2.37. The predicted octanol–water partition coefficient (Wildman–Crippen LogP) is 2.46. The van der Waals surface area contributed by atoms with Gasteiger partial charge in [0.1, 0.15) is 0 Å². The monoisotopic (exact) mass is 261 g/mol. The Morgan fingerprint density at radius 3 is 2.42 bits per heavy atom. The van der Waals surface area contributed by atoms with Gasteiger partial charge in [0.15, 0.2) is 0 Å². The molecule has 1 aromatic rings. The molecule has 106 valence electrons. The van der Waals surface area contributed by atoms with Crippen LogP contribution in [0.1, 0.15) is 38.2 Å². The van der Waals surface area contributed by atoms with Gasteiger partial charge in [0, 0.05) is 24.0 Å². The van der Waals surface area contributed by atoms with Gasteiger partial charge in [0.05, 0.1) is 0 Å². The van der Waals surface area contributed by atoms with Gasteiger partial charge in [-0.3, -0.25) is 4.98 Å². The first-order valence-corrected chi connectivity index (χ1v) is 7.36. The lowest BCUT2D eigenvalue weighted by Crippen LogP contribution is -2.59. The van der Waals surface area contributed by atoms with E-state index in [1.54, 1.807) is 0 Å². The molecule has 0 aromatic carbocycles. The Morgan fingerprint density at radius 2 is 1.89 bits per heavy atom. The summed E-state index contributed by atoms with van der Waals surface area (Å²) in [7, 11) is 4.37. The average molecular weight is 261 g/mol. The Morgan fingerprint density at radius 1 is 1.32 bits per heavy atom. The highest BCUT2D eigenvalue weighted by molar-refractivity contribution is 5.14. The summed E-state index contributed by atoms with van der Waals surface area (Å²) in [5, 5.41) is 0. The normalized spacial score (nSPS) is 29.4. The van der Waals surface area contributed by atoms with E-state index in [1.165, 1.54) is 31.2 Å². The summed E-state index contributed by atoms with van der Waals surface area (Å²) in [5.41, 5.74) is 8.06. The predicted molar refractivity (Wildman–Crippen MR) is 80.0 cm³/mol. The second-order valence-corrected chi connectivity index (χ2v) is 6.35. The van der Waals surface area contributed by atoms with Gasteiger partial charge >= 0.3 is 0 Å². The van der Waals surface area contributed by atoms with Gasteiger partial charge in [0.2, 0.25) is 0 Å². The molecule has 3 heteroatoms. The van der Waals surface area contributed by atoms with E-state index < -0.39 is 0 Å². The Bertz CT molecular complexity index is 380. The minimum atomic E-state index is 0.162. The molecule has 0 saturated heterocycles. The zero-order valence-electron chi connectivity index (χ0n) is 12.5. The summed E-state index contributed by atoms with van der Waals surface area (Å²) in [6.07, 6.45) is 9.67. The molecule has 1 aromatic heterocycles. The Hall–Kier alpha value is -0.930. The standard InChI is InChI=1S/C16H27N3/c1-13-4-8-16(9-5-13,19(2)3)15(17)12-14-6-10-18-11-7-14/h6-7,10-11,13,15H,4-5,8-9,12,17H2,1-3H3. The summed E-state index contributed by atoms with van der Waals surface area (Å²) >= 11 is 0. The van der Waals surface area contributed by atoms with Crippen molar-refractivity contribution in [2.75, 3.05) is 14.1 Å². The van der Waals surface area contributed by atoms with Crippen LogP contribution in [0.3, 0.4) is 0 Å². The molecule has 1 unspecified atom stereocenters. The number of pyridine rings is 1. The van der Waals surface area contributed by atoms with Crippen LogP contribution >= 0.6 is 0 Å². The smallest absolute Gasteiger partial charge is 0.0357 e.